The summed E-state index contributed by atoms with van der Waals surface area (Å²) in [5.74, 6) is -0.363. The molecule has 6 heteroatoms. The van der Waals surface area contributed by atoms with Gasteiger partial charge in [0.05, 0.1) is 4.91 Å². The second kappa shape index (κ2) is 7.79. The molecule has 1 heterocycles. The van der Waals surface area contributed by atoms with Crippen molar-refractivity contribution in [2.24, 2.45) is 0 Å². The molecule has 0 atom stereocenters. The first kappa shape index (κ1) is 16.3. The van der Waals surface area contributed by atoms with Crippen molar-refractivity contribution < 1.29 is 14.4 Å². The van der Waals surface area contributed by atoms with Crippen LogP contribution in [0.4, 0.5) is 4.79 Å². The van der Waals surface area contributed by atoms with Gasteiger partial charge in [-0.2, -0.15) is 0 Å². The Kier molecular flexibility index (Phi) is 5.77. The lowest BCUT2D eigenvalue weighted by molar-refractivity contribution is -0.124. The van der Waals surface area contributed by atoms with Gasteiger partial charge < -0.3 is 5.32 Å². The largest absolute Gasteiger partial charge is 0.354 e. The third-order valence-electron chi connectivity index (χ3n) is 3.11. The van der Waals surface area contributed by atoms with Crippen LogP contribution in [-0.4, -0.2) is 35.0 Å². The second-order valence-corrected chi connectivity index (χ2v) is 5.84. The summed E-state index contributed by atoms with van der Waals surface area (Å²) in [5.41, 5.74) is 0.879. The molecule has 0 bridgehead atoms. The van der Waals surface area contributed by atoms with E-state index in [0.717, 1.165) is 23.7 Å². The zero-order chi connectivity index (χ0) is 15.9. The van der Waals surface area contributed by atoms with Crippen LogP contribution in [0, 0.1) is 0 Å². The number of carbonyl (C=O) groups is 3. The molecule has 1 aliphatic heterocycles. The van der Waals surface area contributed by atoms with E-state index >= 15 is 0 Å². The SMILES string of the molecule is CCCC(=O)NCCN1C(=O)SC(=Cc2ccccc2)C1=O. The van der Waals surface area contributed by atoms with Gasteiger partial charge in [-0.1, -0.05) is 37.3 Å². The maximum Gasteiger partial charge on any atom is 0.293 e. The molecular formula is C16H18N2O3S. The van der Waals surface area contributed by atoms with Crippen LogP contribution in [0.15, 0.2) is 35.2 Å². The van der Waals surface area contributed by atoms with Crippen molar-refractivity contribution in [3.63, 3.8) is 0 Å². The summed E-state index contributed by atoms with van der Waals surface area (Å²) in [7, 11) is 0. The minimum Gasteiger partial charge on any atom is -0.354 e. The Labute approximate surface area is 133 Å². The van der Waals surface area contributed by atoms with E-state index in [0.29, 0.717) is 11.3 Å². The van der Waals surface area contributed by atoms with Crippen LogP contribution >= 0.6 is 11.8 Å². The van der Waals surface area contributed by atoms with Gasteiger partial charge >= 0.3 is 0 Å². The lowest BCUT2D eigenvalue weighted by Crippen LogP contribution is -2.37. The molecule has 0 spiro atoms. The van der Waals surface area contributed by atoms with Gasteiger partial charge in [-0.3, -0.25) is 19.3 Å². The van der Waals surface area contributed by atoms with Gasteiger partial charge in [0.2, 0.25) is 5.91 Å². The van der Waals surface area contributed by atoms with Crippen molar-refractivity contribution in [3.05, 3.63) is 40.8 Å². The first-order valence-electron chi connectivity index (χ1n) is 7.19. The molecule has 0 saturated carbocycles. The quantitative estimate of drug-likeness (QED) is 0.819. The predicted molar refractivity (Wildman–Crippen MR) is 87.0 cm³/mol. The van der Waals surface area contributed by atoms with Crippen molar-refractivity contribution >= 4 is 34.9 Å². The zero-order valence-electron chi connectivity index (χ0n) is 12.4. The summed E-state index contributed by atoms with van der Waals surface area (Å²) in [6.07, 6.45) is 2.93. The van der Waals surface area contributed by atoms with Crippen molar-refractivity contribution in [2.75, 3.05) is 13.1 Å². The highest BCUT2D eigenvalue weighted by atomic mass is 32.2. The maximum absolute atomic E-state index is 12.2. The molecule has 5 nitrogen and oxygen atoms in total. The summed E-state index contributed by atoms with van der Waals surface area (Å²) in [6, 6.07) is 9.39. The number of amides is 3. The molecule has 0 aliphatic carbocycles. The third-order valence-corrected chi connectivity index (χ3v) is 4.01. The van der Waals surface area contributed by atoms with Gasteiger partial charge in [0, 0.05) is 19.5 Å². The second-order valence-electron chi connectivity index (χ2n) is 4.84. The zero-order valence-corrected chi connectivity index (χ0v) is 13.2. The minimum atomic E-state index is -0.302. The molecule has 0 unspecified atom stereocenters. The lowest BCUT2D eigenvalue weighted by Gasteiger charge is -2.12. The van der Waals surface area contributed by atoms with Crippen molar-refractivity contribution in [1.82, 2.24) is 10.2 Å². The molecular weight excluding hydrogens is 300 g/mol. The number of rotatable bonds is 6. The summed E-state index contributed by atoms with van der Waals surface area (Å²) in [6.45, 7) is 2.41. The number of thioether (sulfide) groups is 1. The first-order valence-corrected chi connectivity index (χ1v) is 8.00. The fraction of sp³-hybridized carbons (Fsp3) is 0.312. The molecule has 1 N–H and O–H groups in total. The lowest BCUT2D eigenvalue weighted by atomic mass is 10.2. The van der Waals surface area contributed by atoms with Crippen LogP contribution < -0.4 is 5.32 Å². The average molecular weight is 318 g/mol. The van der Waals surface area contributed by atoms with Crippen LogP contribution in [-0.2, 0) is 9.59 Å². The number of nitrogens with one attached hydrogen (secondary N) is 1. The van der Waals surface area contributed by atoms with Crippen LogP contribution in [0.25, 0.3) is 6.08 Å². The number of nitrogens with zero attached hydrogens (tertiary/aromatic N) is 1. The molecule has 0 aromatic heterocycles. The van der Waals surface area contributed by atoms with E-state index in [1.54, 1.807) is 6.08 Å². The molecule has 1 aromatic carbocycles. The third kappa shape index (κ3) is 4.21. The smallest absolute Gasteiger partial charge is 0.293 e. The Morgan fingerprint density at radius 2 is 2.00 bits per heavy atom. The number of benzene rings is 1. The van der Waals surface area contributed by atoms with Gasteiger partial charge in [-0.05, 0) is 29.8 Å². The fourth-order valence-electron chi connectivity index (χ4n) is 2.02. The summed E-state index contributed by atoms with van der Waals surface area (Å²) >= 11 is 0.932. The number of hydrogen-bond donors (Lipinski definition) is 1. The fourth-order valence-corrected chi connectivity index (χ4v) is 2.88. The summed E-state index contributed by atoms with van der Waals surface area (Å²) < 4.78 is 0. The standard InChI is InChI=1S/C16H18N2O3S/c1-2-6-14(19)17-9-10-18-15(20)13(22-16(18)21)11-12-7-4-3-5-8-12/h3-5,7-8,11H,2,6,9-10H2,1H3,(H,17,19). The Bertz CT molecular complexity index is 599. The highest BCUT2D eigenvalue weighted by Crippen LogP contribution is 2.31. The van der Waals surface area contributed by atoms with E-state index in [-0.39, 0.29) is 30.1 Å². The van der Waals surface area contributed by atoms with Crippen LogP contribution in [0.5, 0.6) is 0 Å². The molecule has 1 aromatic rings. The molecule has 3 amide bonds. The number of carbonyl (C=O) groups excluding carboxylic acids is 3. The molecule has 22 heavy (non-hydrogen) atoms. The van der Waals surface area contributed by atoms with Gasteiger partial charge in [0.1, 0.15) is 0 Å². The molecule has 1 aliphatic rings. The van der Waals surface area contributed by atoms with Crippen molar-refractivity contribution in [2.45, 2.75) is 19.8 Å². The predicted octanol–water partition coefficient (Wildman–Crippen LogP) is 2.64. The molecule has 1 fully saturated rings. The minimum absolute atomic E-state index is 0.0608. The Balaban J connectivity index is 1.94. The van der Waals surface area contributed by atoms with Crippen molar-refractivity contribution in [3.8, 4) is 0 Å². The van der Waals surface area contributed by atoms with Crippen molar-refractivity contribution in [1.29, 1.82) is 0 Å². The molecule has 1 saturated heterocycles. The van der Waals surface area contributed by atoms with E-state index in [2.05, 4.69) is 5.32 Å². The molecule has 0 radical (unpaired) electrons. The van der Waals surface area contributed by atoms with E-state index in [1.807, 2.05) is 37.3 Å². The van der Waals surface area contributed by atoms with Gasteiger partial charge in [-0.15, -0.1) is 0 Å². The monoisotopic (exact) mass is 318 g/mol. The topological polar surface area (TPSA) is 66.5 Å². The number of imide groups is 1. The number of hydrogen-bond acceptors (Lipinski definition) is 4. The summed E-state index contributed by atoms with van der Waals surface area (Å²) in [5, 5.41) is 2.41. The Morgan fingerprint density at radius 1 is 1.27 bits per heavy atom. The maximum atomic E-state index is 12.2. The average Bonchev–Trinajstić information content (AvgIpc) is 2.76. The van der Waals surface area contributed by atoms with E-state index in [9.17, 15) is 14.4 Å². The van der Waals surface area contributed by atoms with Crippen LogP contribution in [0.2, 0.25) is 0 Å². The normalized spacial score (nSPS) is 16.4. The van der Waals surface area contributed by atoms with Crippen LogP contribution in [0.3, 0.4) is 0 Å². The van der Waals surface area contributed by atoms with Gasteiger partial charge in [0.15, 0.2) is 0 Å². The van der Waals surface area contributed by atoms with E-state index in [1.165, 1.54) is 4.90 Å². The van der Waals surface area contributed by atoms with Crippen LogP contribution in [0.1, 0.15) is 25.3 Å². The summed E-state index contributed by atoms with van der Waals surface area (Å²) in [4.78, 5) is 37.1. The van der Waals surface area contributed by atoms with E-state index < -0.39 is 0 Å². The Morgan fingerprint density at radius 3 is 2.68 bits per heavy atom. The van der Waals surface area contributed by atoms with Gasteiger partial charge in [-0.25, -0.2) is 0 Å². The Hall–Kier alpha value is -2.08. The van der Waals surface area contributed by atoms with Gasteiger partial charge in [0.25, 0.3) is 11.1 Å². The molecule has 116 valence electrons. The highest BCUT2D eigenvalue weighted by molar-refractivity contribution is 8.18. The first-order chi connectivity index (χ1) is 10.6. The molecule has 2 rings (SSSR count). The van der Waals surface area contributed by atoms with E-state index in [4.69, 9.17) is 0 Å². The highest BCUT2D eigenvalue weighted by Gasteiger charge is 2.34.